The third-order valence-electron chi connectivity index (χ3n) is 3.37. The topological polar surface area (TPSA) is 86.7 Å². The monoisotopic (exact) mass is 311 g/mol. The Morgan fingerprint density at radius 1 is 1.35 bits per heavy atom. The summed E-state index contributed by atoms with van der Waals surface area (Å²) in [4.78, 5) is 26.9. The van der Waals surface area contributed by atoms with Crippen LogP contribution in [0.5, 0.6) is 0 Å². The quantitative estimate of drug-likeness (QED) is 0.420. The Bertz CT molecular complexity index is 901. The summed E-state index contributed by atoms with van der Waals surface area (Å²) in [7, 11) is 0. The van der Waals surface area contributed by atoms with Crippen molar-refractivity contribution in [2.45, 2.75) is 6.92 Å². The van der Waals surface area contributed by atoms with Crippen molar-refractivity contribution in [3.05, 3.63) is 64.6 Å². The number of carbonyl (C=O) groups excluding carboxylic acids is 1. The number of esters is 1. The highest BCUT2D eigenvalue weighted by molar-refractivity contribution is 5.95. The van der Waals surface area contributed by atoms with E-state index < -0.39 is 10.9 Å². The van der Waals surface area contributed by atoms with E-state index in [0.29, 0.717) is 11.3 Å². The molecule has 3 rings (SSSR count). The molecule has 2 heterocycles. The van der Waals surface area contributed by atoms with Gasteiger partial charge in [0.2, 0.25) is 0 Å². The fourth-order valence-corrected chi connectivity index (χ4v) is 2.40. The number of aromatic nitrogens is 2. The van der Waals surface area contributed by atoms with Crippen molar-refractivity contribution in [2.24, 2.45) is 0 Å². The van der Waals surface area contributed by atoms with Crippen molar-refractivity contribution in [1.29, 1.82) is 0 Å². The van der Waals surface area contributed by atoms with E-state index in [2.05, 4.69) is 4.98 Å². The number of nitro groups is 1. The first-order valence-electron chi connectivity index (χ1n) is 7.00. The summed E-state index contributed by atoms with van der Waals surface area (Å²) in [6.07, 6.45) is 3.33. The summed E-state index contributed by atoms with van der Waals surface area (Å²) in [6.45, 7) is 1.93. The van der Waals surface area contributed by atoms with Crippen LogP contribution in [0.3, 0.4) is 0 Å². The van der Waals surface area contributed by atoms with Crippen LogP contribution in [0.2, 0.25) is 0 Å². The molecule has 0 radical (unpaired) electrons. The molecule has 0 aliphatic heterocycles. The minimum atomic E-state index is -0.565. The summed E-state index contributed by atoms with van der Waals surface area (Å²) in [5, 5.41) is 11.0. The SMILES string of the molecule is CCOC(=O)c1ncc2cccn2c1-c1cccc([N+](=O)[O-])c1. The molecule has 0 saturated carbocycles. The molecule has 0 aliphatic rings. The van der Waals surface area contributed by atoms with Crippen molar-refractivity contribution >= 4 is 17.2 Å². The van der Waals surface area contributed by atoms with Crippen LogP contribution in [0.4, 0.5) is 5.69 Å². The van der Waals surface area contributed by atoms with E-state index >= 15 is 0 Å². The van der Waals surface area contributed by atoms with Crippen LogP contribution in [0.1, 0.15) is 17.4 Å². The van der Waals surface area contributed by atoms with Crippen LogP contribution in [-0.4, -0.2) is 26.9 Å². The molecule has 0 spiro atoms. The van der Waals surface area contributed by atoms with Gasteiger partial charge in [0.15, 0.2) is 5.69 Å². The predicted octanol–water partition coefficient (Wildman–Crippen LogP) is 3.09. The average Bonchev–Trinajstić information content (AvgIpc) is 3.02. The zero-order valence-corrected chi connectivity index (χ0v) is 12.3. The highest BCUT2D eigenvalue weighted by atomic mass is 16.6. The van der Waals surface area contributed by atoms with Gasteiger partial charge < -0.3 is 9.14 Å². The van der Waals surface area contributed by atoms with Gasteiger partial charge in [-0.15, -0.1) is 0 Å². The molecule has 0 bridgehead atoms. The second kappa shape index (κ2) is 5.88. The van der Waals surface area contributed by atoms with Gasteiger partial charge in [-0.25, -0.2) is 9.78 Å². The van der Waals surface area contributed by atoms with Crippen LogP contribution in [-0.2, 0) is 4.74 Å². The van der Waals surface area contributed by atoms with Crippen LogP contribution in [0.15, 0.2) is 48.8 Å². The Labute approximate surface area is 131 Å². The summed E-state index contributed by atoms with van der Waals surface area (Å²) in [5.41, 5.74) is 1.84. The molecule has 0 unspecified atom stereocenters. The Balaban J connectivity index is 2.27. The van der Waals surface area contributed by atoms with E-state index in [1.807, 2.05) is 12.1 Å². The number of hydrogen-bond acceptors (Lipinski definition) is 5. The van der Waals surface area contributed by atoms with Crippen molar-refractivity contribution in [2.75, 3.05) is 6.61 Å². The molecule has 7 heteroatoms. The molecule has 116 valence electrons. The summed E-state index contributed by atoms with van der Waals surface area (Å²) in [6, 6.07) is 9.74. The third-order valence-corrected chi connectivity index (χ3v) is 3.37. The van der Waals surface area contributed by atoms with E-state index in [1.54, 1.807) is 35.9 Å². The minimum absolute atomic E-state index is 0.0542. The summed E-state index contributed by atoms with van der Waals surface area (Å²) < 4.78 is 6.81. The molecule has 1 aromatic carbocycles. The molecule has 7 nitrogen and oxygen atoms in total. The zero-order chi connectivity index (χ0) is 16.4. The summed E-state index contributed by atoms with van der Waals surface area (Å²) in [5.74, 6) is -0.565. The second-order valence-electron chi connectivity index (χ2n) is 4.79. The molecular formula is C16H13N3O4. The molecule has 0 amide bonds. The predicted molar refractivity (Wildman–Crippen MR) is 83.2 cm³/mol. The molecule has 0 atom stereocenters. The standard InChI is InChI=1S/C16H13N3O4/c1-2-23-16(20)14-15(18-8-4-7-13(18)10-17-14)11-5-3-6-12(9-11)19(21)22/h3-10H,2H2,1H3. The molecule has 0 N–H and O–H groups in total. The largest absolute Gasteiger partial charge is 0.461 e. The first-order valence-corrected chi connectivity index (χ1v) is 7.00. The Morgan fingerprint density at radius 2 is 2.17 bits per heavy atom. The van der Waals surface area contributed by atoms with E-state index in [4.69, 9.17) is 4.74 Å². The molecule has 23 heavy (non-hydrogen) atoms. The lowest BCUT2D eigenvalue weighted by Crippen LogP contribution is -2.11. The Morgan fingerprint density at radius 3 is 2.91 bits per heavy atom. The van der Waals surface area contributed by atoms with Gasteiger partial charge in [0.25, 0.3) is 5.69 Å². The van der Waals surface area contributed by atoms with Crippen LogP contribution in [0.25, 0.3) is 16.8 Å². The Hall–Kier alpha value is -3.22. The van der Waals surface area contributed by atoms with E-state index in [1.165, 1.54) is 12.1 Å². The van der Waals surface area contributed by atoms with Gasteiger partial charge in [0.1, 0.15) is 0 Å². The average molecular weight is 311 g/mol. The van der Waals surface area contributed by atoms with Gasteiger partial charge in [-0.05, 0) is 19.1 Å². The fourth-order valence-electron chi connectivity index (χ4n) is 2.40. The second-order valence-corrected chi connectivity index (χ2v) is 4.79. The van der Waals surface area contributed by atoms with Crippen molar-refractivity contribution < 1.29 is 14.5 Å². The first kappa shape index (κ1) is 14.7. The number of ether oxygens (including phenoxy) is 1. The molecular weight excluding hydrogens is 298 g/mol. The maximum atomic E-state index is 12.2. The van der Waals surface area contributed by atoms with Gasteiger partial charge in [0.05, 0.1) is 28.9 Å². The lowest BCUT2D eigenvalue weighted by molar-refractivity contribution is -0.384. The lowest BCUT2D eigenvalue weighted by Gasteiger charge is -2.11. The minimum Gasteiger partial charge on any atom is -0.461 e. The van der Waals surface area contributed by atoms with Crippen molar-refractivity contribution in [3.8, 4) is 11.3 Å². The molecule has 3 aromatic rings. The van der Waals surface area contributed by atoms with Gasteiger partial charge in [-0.1, -0.05) is 12.1 Å². The molecule has 0 aliphatic carbocycles. The molecule has 0 saturated heterocycles. The highest BCUT2D eigenvalue weighted by Crippen LogP contribution is 2.27. The Kier molecular flexibility index (Phi) is 3.76. The van der Waals surface area contributed by atoms with Crippen molar-refractivity contribution in [1.82, 2.24) is 9.38 Å². The number of benzene rings is 1. The first-order chi connectivity index (χ1) is 11.1. The smallest absolute Gasteiger partial charge is 0.359 e. The van der Waals surface area contributed by atoms with Gasteiger partial charge >= 0.3 is 5.97 Å². The maximum Gasteiger partial charge on any atom is 0.359 e. The van der Waals surface area contributed by atoms with Crippen LogP contribution in [0, 0.1) is 10.1 Å². The third kappa shape index (κ3) is 2.64. The summed E-state index contributed by atoms with van der Waals surface area (Å²) >= 11 is 0. The molecule has 0 fully saturated rings. The van der Waals surface area contributed by atoms with Crippen molar-refractivity contribution in [3.63, 3.8) is 0 Å². The number of nitro benzene ring substituents is 1. The number of non-ortho nitro benzene ring substituents is 1. The van der Waals surface area contributed by atoms with Crippen LogP contribution < -0.4 is 0 Å². The number of rotatable bonds is 4. The number of fused-ring (bicyclic) bond motifs is 1. The highest BCUT2D eigenvalue weighted by Gasteiger charge is 2.20. The van der Waals surface area contributed by atoms with E-state index in [0.717, 1.165) is 5.52 Å². The number of nitrogens with zero attached hydrogens (tertiary/aromatic N) is 3. The fraction of sp³-hybridized carbons (Fsp3) is 0.125. The zero-order valence-electron chi connectivity index (χ0n) is 12.3. The molecule has 2 aromatic heterocycles. The van der Waals surface area contributed by atoms with E-state index in [9.17, 15) is 14.9 Å². The van der Waals surface area contributed by atoms with Gasteiger partial charge in [-0.3, -0.25) is 10.1 Å². The van der Waals surface area contributed by atoms with Crippen LogP contribution >= 0.6 is 0 Å². The number of hydrogen-bond donors (Lipinski definition) is 0. The van der Waals surface area contributed by atoms with Gasteiger partial charge in [0, 0.05) is 23.9 Å². The van der Waals surface area contributed by atoms with Gasteiger partial charge in [-0.2, -0.15) is 0 Å². The normalized spacial score (nSPS) is 10.7. The van der Waals surface area contributed by atoms with E-state index in [-0.39, 0.29) is 18.0 Å². The lowest BCUT2D eigenvalue weighted by atomic mass is 10.1. The maximum absolute atomic E-state index is 12.2. The number of carbonyl (C=O) groups is 1.